The molecule has 1 saturated heterocycles. The molecule has 24 heavy (non-hydrogen) atoms. The molecule has 1 heterocycles. The van der Waals surface area contributed by atoms with Crippen LogP contribution in [0.3, 0.4) is 0 Å². The maximum absolute atomic E-state index is 5.90. The highest BCUT2D eigenvalue weighted by molar-refractivity contribution is 5.26. The molecule has 3 heteroatoms. The zero-order valence-corrected chi connectivity index (χ0v) is 15.4. The average Bonchev–Trinajstić information content (AvgIpc) is 2.83. The van der Waals surface area contributed by atoms with Gasteiger partial charge in [0.25, 0.3) is 0 Å². The number of hydrogen-bond acceptors (Lipinski definition) is 3. The van der Waals surface area contributed by atoms with Gasteiger partial charge < -0.3 is 9.64 Å². The first kappa shape index (κ1) is 17.8. The van der Waals surface area contributed by atoms with Crippen LogP contribution in [0.2, 0.25) is 0 Å². The molecule has 0 aromatic heterocycles. The molecule has 2 aliphatic rings. The molecule has 3 rings (SSSR count). The number of nitrogens with zero attached hydrogens (tertiary/aromatic N) is 2. The lowest BCUT2D eigenvalue weighted by molar-refractivity contribution is 0.190. The van der Waals surface area contributed by atoms with Crippen LogP contribution in [0.15, 0.2) is 24.3 Å². The van der Waals surface area contributed by atoms with Crippen molar-refractivity contribution in [3.63, 3.8) is 0 Å². The highest BCUT2D eigenvalue weighted by Crippen LogP contribution is 2.24. The zero-order valence-electron chi connectivity index (χ0n) is 15.4. The maximum Gasteiger partial charge on any atom is 0.119 e. The number of aryl methyl sites for hydroxylation is 1. The smallest absolute Gasteiger partial charge is 0.119 e. The van der Waals surface area contributed by atoms with Crippen molar-refractivity contribution in [3.05, 3.63) is 29.8 Å². The molecule has 1 aliphatic heterocycles. The van der Waals surface area contributed by atoms with Crippen molar-refractivity contribution < 1.29 is 4.74 Å². The minimum Gasteiger partial charge on any atom is -0.492 e. The predicted molar refractivity (Wildman–Crippen MR) is 101 cm³/mol. The molecule has 1 aromatic rings. The molecule has 0 amide bonds. The fraction of sp³-hybridized carbons (Fsp3) is 0.714. The van der Waals surface area contributed by atoms with Crippen molar-refractivity contribution >= 4 is 0 Å². The lowest BCUT2D eigenvalue weighted by atomic mass is 9.89. The van der Waals surface area contributed by atoms with Gasteiger partial charge in [0.15, 0.2) is 0 Å². The van der Waals surface area contributed by atoms with Gasteiger partial charge in [0.2, 0.25) is 0 Å². The first-order valence-electron chi connectivity index (χ1n) is 9.94. The SMILES string of the molecule is Cc1ccc(OCCN2CCCN(CC3CCCCC3)CC2)cc1. The molecule has 0 spiro atoms. The minimum atomic E-state index is 0.797. The highest BCUT2D eigenvalue weighted by atomic mass is 16.5. The molecule has 0 N–H and O–H groups in total. The van der Waals surface area contributed by atoms with Gasteiger partial charge in [-0.05, 0) is 57.3 Å². The number of ether oxygens (including phenoxy) is 1. The topological polar surface area (TPSA) is 15.7 Å². The third-order valence-electron chi connectivity index (χ3n) is 5.62. The summed E-state index contributed by atoms with van der Waals surface area (Å²) in [5.41, 5.74) is 1.29. The van der Waals surface area contributed by atoms with Gasteiger partial charge in [-0.1, -0.05) is 37.0 Å². The van der Waals surface area contributed by atoms with Crippen molar-refractivity contribution in [2.75, 3.05) is 45.9 Å². The molecule has 0 unspecified atom stereocenters. The van der Waals surface area contributed by atoms with E-state index >= 15 is 0 Å². The van der Waals surface area contributed by atoms with Gasteiger partial charge in [-0.15, -0.1) is 0 Å². The third kappa shape index (κ3) is 5.78. The Balaban J connectivity index is 1.35. The molecule has 1 aromatic carbocycles. The molecule has 134 valence electrons. The fourth-order valence-corrected chi connectivity index (χ4v) is 4.09. The standard InChI is InChI=1S/C21H34N2O/c1-19-8-10-21(11-9-19)24-17-16-22-12-5-13-23(15-14-22)18-20-6-3-2-4-7-20/h8-11,20H,2-7,12-18H2,1H3. The van der Waals surface area contributed by atoms with Crippen LogP contribution in [0, 0.1) is 12.8 Å². The Bertz CT molecular complexity index is 467. The van der Waals surface area contributed by atoms with Crippen LogP contribution in [0.4, 0.5) is 0 Å². The van der Waals surface area contributed by atoms with Crippen LogP contribution in [0.5, 0.6) is 5.75 Å². The zero-order chi connectivity index (χ0) is 16.6. The van der Waals surface area contributed by atoms with Gasteiger partial charge in [-0.25, -0.2) is 0 Å². The van der Waals surface area contributed by atoms with Gasteiger partial charge >= 0.3 is 0 Å². The normalized spacial score (nSPS) is 21.5. The van der Waals surface area contributed by atoms with Crippen molar-refractivity contribution in [2.45, 2.75) is 45.4 Å². The van der Waals surface area contributed by atoms with Gasteiger partial charge in [0.1, 0.15) is 12.4 Å². The van der Waals surface area contributed by atoms with Crippen molar-refractivity contribution in [2.24, 2.45) is 5.92 Å². The monoisotopic (exact) mass is 330 g/mol. The Morgan fingerprint density at radius 2 is 1.58 bits per heavy atom. The first-order chi connectivity index (χ1) is 11.8. The predicted octanol–water partition coefficient (Wildman–Crippen LogP) is 3.96. The summed E-state index contributed by atoms with van der Waals surface area (Å²) >= 11 is 0. The van der Waals surface area contributed by atoms with Crippen LogP contribution in [-0.2, 0) is 0 Å². The van der Waals surface area contributed by atoms with Gasteiger partial charge in [0, 0.05) is 26.2 Å². The summed E-state index contributed by atoms with van der Waals surface area (Å²) in [4.78, 5) is 5.30. The van der Waals surface area contributed by atoms with Crippen LogP contribution >= 0.6 is 0 Å². The third-order valence-corrected chi connectivity index (χ3v) is 5.62. The summed E-state index contributed by atoms with van der Waals surface area (Å²) < 4.78 is 5.90. The summed E-state index contributed by atoms with van der Waals surface area (Å²) in [5.74, 6) is 1.96. The van der Waals surface area contributed by atoms with Crippen molar-refractivity contribution in [1.29, 1.82) is 0 Å². The lowest BCUT2D eigenvalue weighted by Gasteiger charge is -2.28. The summed E-state index contributed by atoms with van der Waals surface area (Å²) in [6, 6.07) is 8.38. The number of benzene rings is 1. The van der Waals surface area contributed by atoms with Crippen LogP contribution in [-0.4, -0.2) is 55.7 Å². The van der Waals surface area contributed by atoms with E-state index in [1.54, 1.807) is 0 Å². The molecule has 0 radical (unpaired) electrons. The van der Waals surface area contributed by atoms with E-state index in [9.17, 15) is 0 Å². The Labute approximate surface area is 148 Å². The largest absolute Gasteiger partial charge is 0.492 e. The van der Waals surface area contributed by atoms with Crippen LogP contribution in [0.25, 0.3) is 0 Å². The van der Waals surface area contributed by atoms with Gasteiger partial charge in [-0.3, -0.25) is 4.90 Å². The molecule has 1 aliphatic carbocycles. The first-order valence-corrected chi connectivity index (χ1v) is 9.94. The second-order valence-electron chi connectivity index (χ2n) is 7.66. The summed E-state index contributed by atoms with van der Waals surface area (Å²) in [7, 11) is 0. The fourth-order valence-electron chi connectivity index (χ4n) is 4.09. The Hall–Kier alpha value is -1.06. The Kier molecular flexibility index (Phi) is 6.98. The van der Waals surface area contributed by atoms with Gasteiger partial charge in [-0.2, -0.15) is 0 Å². The van der Waals surface area contributed by atoms with E-state index in [-0.39, 0.29) is 0 Å². The molecule has 0 atom stereocenters. The second-order valence-corrected chi connectivity index (χ2v) is 7.66. The molecule has 0 bridgehead atoms. The molecular weight excluding hydrogens is 296 g/mol. The van der Waals surface area contributed by atoms with E-state index in [1.165, 1.54) is 76.8 Å². The maximum atomic E-state index is 5.90. The van der Waals surface area contributed by atoms with Crippen molar-refractivity contribution in [1.82, 2.24) is 9.80 Å². The molecule has 3 nitrogen and oxygen atoms in total. The lowest BCUT2D eigenvalue weighted by Crippen LogP contribution is -2.35. The molecular formula is C21H34N2O. The number of hydrogen-bond donors (Lipinski definition) is 0. The van der Waals surface area contributed by atoms with E-state index < -0.39 is 0 Å². The second kappa shape index (κ2) is 9.43. The van der Waals surface area contributed by atoms with Crippen LogP contribution in [0.1, 0.15) is 44.1 Å². The van der Waals surface area contributed by atoms with Crippen LogP contribution < -0.4 is 4.74 Å². The van der Waals surface area contributed by atoms with E-state index in [0.29, 0.717) is 0 Å². The summed E-state index contributed by atoms with van der Waals surface area (Å²) in [6.45, 7) is 10.2. The molecule has 1 saturated carbocycles. The highest BCUT2D eigenvalue weighted by Gasteiger charge is 2.20. The van der Waals surface area contributed by atoms with Crippen molar-refractivity contribution in [3.8, 4) is 5.75 Å². The Morgan fingerprint density at radius 3 is 2.38 bits per heavy atom. The van der Waals surface area contributed by atoms with E-state index in [2.05, 4.69) is 41.0 Å². The van der Waals surface area contributed by atoms with E-state index in [1.807, 2.05) is 0 Å². The van der Waals surface area contributed by atoms with E-state index in [0.717, 1.165) is 24.8 Å². The minimum absolute atomic E-state index is 0.797. The number of rotatable bonds is 6. The summed E-state index contributed by atoms with van der Waals surface area (Å²) in [5, 5.41) is 0. The average molecular weight is 331 g/mol. The summed E-state index contributed by atoms with van der Waals surface area (Å²) in [6.07, 6.45) is 8.61. The Morgan fingerprint density at radius 1 is 0.875 bits per heavy atom. The quantitative estimate of drug-likeness (QED) is 0.785. The van der Waals surface area contributed by atoms with Gasteiger partial charge in [0.05, 0.1) is 0 Å². The molecule has 2 fully saturated rings. The van der Waals surface area contributed by atoms with E-state index in [4.69, 9.17) is 4.74 Å².